The lowest BCUT2D eigenvalue weighted by Gasteiger charge is -2.11. The van der Waals surface area contributed by atoms with Crippen molar-refractivity contribution in [1.29, 1.82) is 0 Å². The number of fused-ring (bicyclic) bond motifs is 1. The highest BCUT2D eigenvalue weighted by atomic mass is 16.6. The molecule has 9 heteroatoms. The fourth-order valence-corrected chi connectivity index (χ4v) is 4.00. The van der Waals surface area contributed by atoms with Crippen molar-refractivity contribution < 1.29 is 14.5 Å². The van der Waals surface area contributed by atoms with E-state index in [0.29, 0.717) is 28.4 Å². The number of rotatable bonds is 7. The van der Waals surface area contributed by atoms with Gasteiger partial charge in [0.05, 0.1) is 22.7 Å². The number of para-hydroxylation sites is 1. The number of benzene rings is 3. The van der Waals surface area contributed by atoms with Crippen LogP contribution in [0.15, 0.2) is 84.9 Å². The largest absolute Gasteiger partial charge is 0.462 e. The van der Waals surface area contributed by atoms with Crippen molar-refractivity contribution in [3.8, 4) is 22.5 Å². The minimum absolute atomic E-state index is 0.0556. The van der Waals surface area contributed by atoms with E-state index >= 15 is 0 Å². The van der Waals surface area contributed by atoms with Crippen LogP contribution in [-0.4, -0.2) is 32.1 Å². The number of hydrogen-bond acceptors (Lipinski definition) is 7. The van der Waals surface area contributed by atoms with Crippen molar-refractivity contribution in [2.45, 2.75) is 13.8 Å². The first-order valence-corrected chi connectivity index (χ1v) is 11.7. The molecule has 5 aromatic rings. The van der Waals surface area contributed by atoms with E-state index in [-0.39, 0.29) is 17.9 Å². The summed E-state index contributed by atoms with van der Waals surface area (Å²) in [6.45, 7) is 3.92. The maximum absolute atomic E-state index is 13.2. The summed E-state index contributed by atoms with van der Waals surface area (Å²) in [6.07, 6.45) is 0. The van der Waals surface area contributed by atoms with Crippen LogP contribution in [0.3, 0.4) is 0 Å². The van der Waals surface area contributed by atoms with Crippen LogP contribution < -0.4 is 5.32 Å². The number of nitro groups is 1. The van der Waals surface area contributed by atoms with Gasteiger partial charge >= 0.3 is 5.97 Å². The van der Waals surface area contributed by atoms with Crippen molar-refractivity contribution in [2.24, 2.45) is 0 Å². The second-order valence-electron chi connectivity index (χ2n) is 8.37. The monoisotopic (exact) mass is 493 g/mol. The average Bonchev–Trinajstić information content (AvgIpc) is 3.30. The highest BCUT2D eigenvalue weighted by molar-refractivity contribution is 6.04. The summed E-state index contributed by atoms with van der Waals surface area (Å²) in [6, 6.07) is 25.2. The van der Waals surface area contributed by atoms with Crippen LogP contribution >= 0.6 is 0 Å². The molecule has 0 fully saturated rings. The Morgan fingerprint density at radius 3 is 2.32 bits per heavy atom. The normalized spacial score (nSPS) is 10.9. The summed E-state index contributed by atoms with van der Waals surface area (Å²) in [5.74, 6) is -0.143. The molecule has 2 aromatic heterocycles. The molecule has 0 radical (unpaired) electrons. The first-order chi connectivity index (χ1) is 17.9. The molecular formula is C28H23N5O4. The summed E-state index contributed by atoms with van der Waals surface area (Å²) in [4.78, 5) is 28.7. The van der Waals surface area contributed by atoms with E-state index in [1.165, 1.54) is 12.1 Å². The van der Waals surface area contributed by atoms with Gasteiger partial charge in [-0.3, -0.25) is 10.1 Å². The fraction of sp³-hybridized carbons (Fsp3) is 0.107. The van der Waals surface area contributed by atoms with Gasteiger partial charge in [-0.05, 0) is 44.2 Å². The summed E-state index contributed by atoms with van der Waals surface area (Å²) in [7, 11) is 0. The second kappa shape index (κ2) is 9.90. The number of carbonyl (C=O) groups is 1. The maximum Gasteiger partial charge on any atom is 0.342 e. The Kier molecular flexibility index (Phi) is 6.34. The number of aromatic nitrogens is 3. The van der Waals surface area contributed by atoms with Gasteiger partial charge in [-0.25, -0.2) is 9.78 Å². The molecule has 0 atom stereocenters. The Bertz CT molecular complexity index is 1590. The smallest absolute Gasteiger partial charge is 0.342 e. The van der Waals surface area contributed by atoms with Gasteiger partial charge in [0, 0.05) is 28.9 Å². The molecule has 184 valence electrons. The van der Waals surface area contributed by atoms with Gasteiger partial charge in [-0.15, -0.1) is 0 Å². The Labute approximate surface area is 212 Å². The fourth-order valence-electron chi connectivity index (χ4n) is 4.00. The van der Waals surface area contributed by atoms with Crippen molar-refractivity contribution in [3.63, 3.8) is 0 Å². The van der Waals surface area contributed by atoms with Crippen molar-refractivity contribution in [1.82, 2.24) is 14.6 Å². The SMILES string of the molecule is CCOC(=O)c1c(-c2ccc([N+](=O)[O-])cc2)nn2c(Nc3ccccc3)nc(-c3ccc(C)cc3)cc12. The molecule has 0 bridgehead atoms. The minimum atomic E-state index is -0.544. The first kappa shape index (κ1) is 23.7. The lowest BCUT2D eigenvalue weighted by atomic mass is 10.0. The predicted octanol–water partition coefficient (Wildman–Crippen LogP) is 6.20. The van der Waals surface area contributed by atoms with E-state index in [1.54, 1.807) is 29.6 Å². The molecule has 0 aliphatic rings. The highest BCUT2D eigenvalue weighted by Crippen LogP contribution is 2.33. The molecule has 0 amide bonds. The molecule has 0 aliphatic carbocycles. The molecule has 37 heavy (non-hydrogen) atoms. The highest BCUT2D eigenvalue weighted by Gasteiger charge is 2.25. The van der Waals surface area contributed by atoms with Crippen LogP contribution in [0.2, 0.25) is 0 Å². The Hall–Kier alpha value is -5.05. The van der Waals surface area contributed by atoms with E-state index < -0.39 is 10.9 Å². The van der Waals surface area contributed by atoms with Gasteiger partial charge in [0.25, 0.3) is 5.69 Å². The third-order valence-electron chi connectivity index (χ3n) is 5.83. The lowest BCUT2D eigenvalue weighted by Crippen LogP contribution is -2.07. The quantitative estimate of drug-likeness (QED) is 0.163. The van der Waals surface area contributed by atoms with E-state index in [2.05, 4.69) is 5.32 Å². The van der Waals surface area contributed by atoms with Crippen LogP contribution in [-0.2, 0) is 4.74 Å². The third-order valence-corrected chi connectivity index (χ3v) is 5.83. The number of nitrogens with one attached hydrogen (secondary N) is 1. The lowest BCUT2D eigenvalue weighted by molar-refractivity contribution is -0.384. The van der Waals surface area contributed by atoms with E-state index in [4.69, 9.17) is 14.8 Å². The number of non-ortho nitro benzene ring substituents is 1. The van der Waals surface area contributed by atoms with Crippen LogP contribution in [0.5, 0.6) is 0 Å². The number of nitro benzene ring substituents is 1. The predicted molar refractivity (Wildman–Crippen MR) is 141 cm³/mol. The Balaban J connectivity index is 1.77. The van der Waals surface area contributed by atoms with Crippen molar-refractivity contribution in [3.05, 3.63) is 106 Å². The number of hydrogen-bond donors (Lipinski definition) is 1. The molecule has 5 rings (SSSR count). The molecule has 1 N–H and O–H groups in total. The number of aryl methyl sites for hydroxylation is 1. The summed E-state index contributed by atoms with van der Waals surface area (Å²) in [5, 5.41) is 19.2. The topological polar surface area (TPSA) is 112 Å². The summed E-state index contributed by atoms with van der Waals surface area (Å²) in [5.41, 5.74) is 5.00. The number of esters is 1. The summed E-state index contributed by atoms with van der Waals surface area (Å²) >= 11 is 0. The van der Waals surface area contributed by atoms with Gasteiger partial charge in [0.15, 0.2) is 0 Å². The van der Waals surface area contributed by atoms with Gasteiger partial charge in [-0.2, -0.15) is 9.61 Å². The second-order valence-corrected chi connectivity index (χ2v) is 8.37. The zero-order valence-corrected chi connectivity index (χ0v) is 20.2. The molecule has 9 nitrogen and oxygen atoms in total. The maximum atomic E-state index is 13.2. The molecule has 3 aromatic carbocycles. The van der Waals surface area contributed by atoms with Crippen LogP contribution in [0, 0.1) is 17.0 Å². The molecule has 0 aliphatic heterocycles. The molecular weight excluding hydrogens is 470 g/mol. The van der Waals surface area contributed by atoms with Gasteiger partial charge < -0.3 is 10.1 Å². The Morgan fingerprint density at radius 2 is 1.68 bits per heavy atom. The Morgan fingerprint density at radius 1 is 1.00 bits per heavy atom. The molecule has 0 spiro atoms. The zero-order chi connectivity index (χ0) is 25.9. The molecule has 0 saturated carbocycles. The van der Waals surface area contributed by atoms with Gasteiger partial charge in [0.1, 0.15) is 11.3 Å². The van der Waals surface area contributed by atoms with E-state index in [0.717, 1.165) is 16.8 Å². The first-order valence-electron chi connectivity index (χ1n) is 11.7. The number of anilines is 2. The molecule has 2 heterocycles. The standard InChI is InChI=1S/C28H23N5O4/c1-3-37-27(34)25-24-17-23(19-11-9-18(2)10-12-19)30-28(29-21-7-5-4-6-8-21)32(24)31-26(25)20-13-15-22(16-14-20)33(35)36/h4-17H,3H2,1-2H3,(H,29,30). The number of carbonyl (C=O) groups excluding carboxylic acids is 1. The molecule has 0 saturated heterocycles. The van der Waals surface area contributed by atoms with Crippen molar-refractivity contribution in [2.75, 3.05) is 11.9 Å². The van der Waals surface area contributed by atoms with Crippen LogP contribution in [0.1, 0.15) is 22.8 Å². The van der Waals surface area contributed by atoms with Crippen LogP contribution in [0.25, 0.3) is 28.0 Å². The molecule has 0 unspecified atom stereocenters. The van der Waals surface area contributed by atoms with Gasteiger partial charge in [0.2, 0.25) is 5.95 Å². The number of nitrogens with zero attached hydrogens (tertiary/aromatic N) is 4. The number of ether oxygens (including phenoxy) is 1. The minimum Gasteiger partial charge on any atom is -0.462 e. The van der Waals surface area contributed by atoms with Gasteiger partial charge in [-0.1, -0.05) is 48.0 Å². The van der Waals surface area contributed by atoms with Crippen LogP contribution in [0.4, 0.5) is 17.3 Å². The van der Waals surface area contributed by atoms with E-state index in [1.807, 2.05) is 61.5 Å². The summed E-state index contributed by atoms with van der Waals surface area (Å²) < 4.78 is 6.96. The zero-order valence-electron chi connectivity index (χ0n) is 20.2. The third kappa shape index (κ3) is 4.74. The average molecular weight is 494 g/mol. The van der Waals surface area contributed by atoms with Crippen molar-refractivity contribution >= 4 is 28.8 Å². The van der Waals surface area contributed by atoms with E-state index in [9.17, 15) is 14.9 Å².